The van der Waals surface area contributed by atoms with E-state index in [4.69, 9.17) is 10.4 Å². The van der Waals surface area contributed by atoms with Gasteiger partial charge >= 0.3 is 12.1 Å². The van der Waals surface area contributed by atoms with Crippen LogP contribution < -0.4 is 0 Å². The summed E-state index contributed by atoms with van der Waals surface area (Å²) in [5.41, 5.74) is 0.245. The Morgan fingerprint density at radius 2 is 1.94 bits per heavy atom. The molecule has 0 amide bonds. The van der Waals surface area contributed by atoms with Crippen LogP contribution in [0.2, 0.25) is 0 Å². The SMILES string of the molecule is N#CC(=Cc1ccccc1)C(=O)OC(=O)O. The average Bonchev–Trinajstić information content (AvgIpc) is 2.26. The van der Waals surface area contributed by atoms with Crippen LogP contribution in [0.15, 0.2) is 35.9 Å². The number of hydrogen-bond donors (Lipinski definition) is 1. The molecule has 0 bridgehead atoms. The van der Waals surface area contributed by atoms with Gasteiger partial charge in [0.25, 0.3) is 0 Å². The van der Waals surface area contributed by atoms with Crippen LogP contribution in [-0.4, -0.2) is 17.2 Å². The molecule has 1 rings (SSSR count). The van der Waals surface area contributed by atoms with Crippen molar-refractivity contribution in [2.75, 3.05) is 0 Å². The Bertz CT molecular complexity index is 471. The minimum absolute atomic E-state index is 0.367. The monoisotopic (exact) mass is 217 g/mol. The first-order valence-electron chi connectivity index (χ1n) is 4.25. The number of esters is 1. The first-order valence-corrected chi connectivity index (χ1v) is 4.25. The molecule has 80 valence electrons. The third-order valence-corrected chi connectivity index (χ3v) is 1.63. The lowest BCUT2D eigenvalue weighted by Gasteiger charge is -1.96. The molecule has 0 radical (unpaired) electrons. The molecule has 1 aromatic rings. The molecular formula is C11H7NO4. The Morgan fingerprint density at radius 3 is 2.44 bits per heavy atom. The fourth-order valence-electron chi connectivity index (χ4n) is 0.987. The Morgan fingerprint density at radius 1 is 1.31 bits per heavy atom. The summed E-state index contributed by atoms with van der Waals surface area (Å²) in [6.45, 7) is 0. The van der Waals surface area contributed by atoms with Gasteiger partial charge in [0.1, 0.15) is 11.6 Å². The van der Waals surface area contributed by atoms with Crippen molar-refractivity contribution in [2.45, 2.75) is 0 Å². The highest BCUT2D eigenvalue weighted by Gasteiger charge is 2.14. The molecule has 5 nitrogen and oxygen atoms in total. The van der Waals surface area contributed by atoms with E-state index >= 15 is 0 Å². The van der Waals surface area contributed by atoms with Gasteiger partial charge in [-0.05, 0) is 11.6 Å². The van der Waals surface area contributed by atoms with Gasteiger partial charge in [-0.2, -0.15) is 5.26 Å². The van der Waals surface area contributed by atoms with Crippen molar-refractivity contribution in [1.29, 1.82) is 5.26 Å². The molecule has 0 aromatic heterocycles. The van der Waals surface area contributed by atoms with E-state index < -0.39 is 12.1 Å². The van der Waals surface area contributed by atoms with Crippen molar-refractivity contribution in [1.82, 2.24) is 0 Å². The van der Waals surface area contributed by atoms with Crippen molar-refractivity contribution >= 4 is 18.2 Å². The number of hydrogen-bond acceptors (Lipinski definition) is 4. The van der Waals surface area contributed by atoms with Crippen LogP contribution in [0.5, 0.6) is 0 Å². The van der Waals surface area contributed by atoms with Crippen molar-refractivity contribution in [2.24, 2.45) is 0 Å². The summed E-state index contributed by atoms with van der Waals surface area (Å²) in [5, 5.41) is 16.9. The van der Waals surface area contributed by atoms with Gasteiger partial charge in [-0.25, -0.2) is 9.59 Å². The first-order chi connectivity index (χ1) is 7.63. The van der Waals surface area contributed by atoms with Gasteiger partial charge in [0.15, 0.2) is 0 Å². The van der Waals surface area contributed by atoms with Gasteiger partial charge in [0.05, 0.1) is 0 Å². The van der Waals surface area contributed by atoms with Crippen molar-refractivity contribution in [3.8, 4) is 6.07 Å². The zero-order valence-electron chi connectivity index (χ0n) is 8.08. The topological polar surface area (TPSA) is 87.4 Å². The van der Waals surface area contributed by atoms with Gasteiger partial charge in [-0.1, -0.05) is 30.3 Å². The first kappa shape index (κ1) is 11.5. The Balaban J connectivity index is 2.92. The summed E-state index contributed by atoms with van der Waals surface area (Å²) in [6, 6.07) is 10.2. The van der Waals surface area contributed by atoms with Crippen LogP contribution in [0.3, 0.4) is 0 Å². The minimum Gasteiger partial charge on any atom is -0.449 e. The highest BCUT2D eigenvalue weighted by atomic mass is 16.7. The number of nitrogens with zero attached hydrogens (tertiary/aromatic N) is 1. The van der Waals surface area contributed by atoms with Crippen LogP contribution in [-0.2, 0) is 9.53 Å². The van der Waals surface area contributed by atoms with E-state index in [1.807, 2.05) is 0 Å². The molecule has 0 spiro atoms. The van der Waals surface area contributed by atoms with Crippen molar-refractivity contribution < 1.29 is 19.4 Å². The second kappa shape index (κ2) is 5.32. The summed E-state index contributed by atoms with van der Waals surface area (Å²) in [6.07, 6.45) is -0.482. The number of carbonyl (C=O) groups is 2. The smallest absolute Gasteiger partial charge is 0.449 e. The molecule has 0 saturated carbocycles. The molecule has 0 unspecified atom stereocenters. The summed E-state index contributed by atoms with van der Waals surface area (Å²) in [7, 11) is 0. The molecule has 5 heteroatoms. The summed E-state index contributed by atoms with van der Waals surface area (Å²) < 4.78 is 3.86. The normalized spacial score (nSPS) is 10.3. The van der Waals surface area contributed by atoms with E-state index in [0.29, 0.717) is 5.56 Å². The maximum Gasteiger partial charge on any atom is 0.513 e. The predicted molar refractivity (Wildman–Crippen MR) is 54.1 cm³/mol. The zero-order valence-corrected chi connectivity index (χ0v) is 8.08. The zero-order chi connectivity index (χ0) is 12.0. The van der Waals surface area contributed by atoms with Crippen LogP contribution in [0.4, 0.5) is 4.79 Å². The fraction of sp³-hybridized carbons (Fsp3) is 0. The lowest BCUT2D eigenvalue weighted by molar-refractivity contribution is -0.134. The predicted octanol–water partition coefficient (Wildman–Crippen LogP) is 1.81. The highest BCUT2D eigenvalue weighted by molar-refractivity contribution is 6.01. The molecule has 0 aliphatic carbocycles. The lowest BCUT2D eigenvalue weighted by atomic mass is 10.1. The summed E-state index contributed by atoms with van der Waals surface area (Å²) in [4.78, 5) is 21.2. The molecule has 0 heterocycles. The molecule has 0 fully saturated rings. The molecule has 0 aliphatic rings. The molecule has 16 heavy (non-hydrogen) atoms. The maximum atomic E-state index is 11.1. The highest BCUT2D eigenvalue weighted by Crippen LogP contribution is 2.07. The lowest BCUT2D eigenvalue weighted by Crippen LogP contribution is -2.11. The summed E-state index contributed by atoms with van der Waals surface area (Å²) in [5.74, 6) is -1.18. The van der Waals surface area contributed by atoms with Crippen LogP contribution in [0.1, 0.15) is 5.56 Å². The Hall–Kier alpha value is -2.61. The fourth-order valence-corrected chi connectivity index (χ4v) is 0.987. The van der Waals surface area contributed by atoms with Gasteiger partial charge in [-0.3, -0.25) is 0 Å². The summed E-state index contributed by atoms with van der Waals surface area (Å²) >= 11 is 0. The van der Waals surface area contributed by atoms with Gasteiger partial charge in [-0.15, -0.1) is 0 Å². The van der Waals surface area contributed by atoms with E-state index in [9.17, 15) is 9.59 Å². The number of carbonyl (C=O) groups excluding carboxylic acids is 1. The third kappa shape index (κ3) is 3.27. The minimum atomic E-state index is -1.74. The quantitative estimate of drug-likeness (QED) is 0.353. The largest absolute Gasteiger partial charge is 0.513 e. The van der Waals surface area contributed by atoms with E-state index in [1.54, 1.807) is 36.4 Å². The second-order valence-corrected chi connectivity index (χ2v) is 2.74. The van der Waals surface area contributed by atoms with Gasteiger partial charge in [0.2, 0.25) is 0 Å². The number of benzene rings is 1. The third-order valence-electron chi connectivity index (χ3n) is 1.63. The molecule has 1 N–H and O–H groups in total. The van der Waals surface area contributed by atoms with Crippen molar-refractivity contribution in [3.05, 3.63) is 41.5 Å². The van der Waals surface area contributed by atoms with Crippen LogP contribution >= 0.6 is 0 Å². The molecular weight excluding hydrogens is 210 g/mol. The number of carboxylic acid groups (broad SMARTS) is 1. The van der Waals surface area contributed by atoms with Gasteiger partial charge < -0.3 is 9.84 Å². The molecule has 0 saturated heterocycles. The van der Waals surface area contributed by atoms with Crippen molar-refractivity contribution in [3.63, 3.8) is 0 Å². The standard InChI is InChI=1S/C11H7NO4/c12-7-9(10(13)16-11(14)15)6-8-4-2-1-3-5-8/h1-6H,(H,14,15). The van der Waals surface area contributed by atoms with Crippen LogP contribution in [0.25, 0.3) is 6.08 Å². The number of rotatable bonds is 2. The van der Waals surface area contributed by atoms with E-state index in [2.05, 4.69) is 4.74 Å². The van der Waals surface area contributed by atoms with E-state index in [0.717, 1.165) is 0 Å². The number of nitriles is 1. The van der Waals surface area contributed by atoms with E-state index in [1.165, 1.54) is 6.08 Å². The maximum absolute atomic E-state index is 11.1. The molecule has 1 aromatic carbocycles. The van der Waals surface area contributed by atoms with E-state index in [-0.39, 0.29) is 5.57 Å². The average molecular weight is 217 g/mol. The number of ether oxygens (including phenoxy) is 1. The Labute approximate surface area is 91.2 Å². The molecule has 0 atom stereocenters. The second-order valence-electron chi connectivity index (χ2n) is 2.74. The van der Waals surface area contributed by atoms with Gasteiger partial charge in [0, 0.05) is 0 Å². The molecule has 0 aliphatic heterocycles. The Kier molecular flexibility index (Phi) is 3.81. The van der Waals surface area contributed by atoms with Crippen LogP contribution in [0, 0.1) is 11.3 Å².